The average Bonchev–Trinajstić information content (AvgIpc) is 2.94. The van der Waals surface area contributed by atoms with Gasteiger partial charge >= 0.3 is 0 Å². The van der Waals surface area contributed by atoms with Crippen LogP contribution in [0.5, 0.6) is 0 Å². The summed E-state index contributed by atoms with van der Waals surface area (Å²) in [5.41, 5.74) is 0.945. The zero-order valence-electron chi connectivity index (χ0n) is 14.8. The van der Waals surface area contributed by atoms with Crippen molar-refractivity contribution in [3.05, 3.63) is 30.3 Å². The van der Waals surface area contributed by atoms with E-state index >= 15 is 0 Å². The Kier molecular flexibility index (Phi) is 7.06. The summed E-state index contributed by atoms with van der Waals surface area (Å²) in [6.45, 7) is 6.23. The maximum absolute atomic E-state index is 12.2. The number of nitrogens with zero attached hydrogens (tertiary/aromatic N) is 2. The molecule has 1 atom stereocenters. The number of guanidine groups is 1. The minimum Gasteiger partial charge on any atom is -0.379 e. The molecule has 1 amide bonds. The fourth-order valence-corrected chi connectivity index (χ4v) is 2.65. The lowest BCUT2D eigenvalue weighted by molar-refractivity contribution is -0.117. The van der Waals surface area contributed by atoms with Crippen molar-refractivity contribution >= 4 is 17.6 Å². The van der Waals surface area contributed by atoms with Crippen LogP contribution in [0.4, 0.5) is 5.69 Å². The molecule has 1 heterocycles. The van der Waals surface area contributed by atoms with Crippen molar-refractivity contribution in [3.8, 4) is 0 Å². The van der Waals surface area contributed by atoms with E-state index in [-0.39, 0.29) is 18.1 Å². The molecule has 1 saturated heterocycles. The summed E-state index contributed by atoms with van der Waals surface area (Å²) in [4.78, 5) is 18.3. The van der Waals surface area contributed by atoms with E-state index in [9.17, 15) is 4.79 Å². The number of para-hydroxylation sites is 1. The number of nitrogens with one attached hydrogen (secondary N) is 2. The van der Waals surface area contributed by atoms with Gasteiger partial charge in [0.15, 0.2) is 5.96 Å². The largest absolute Gasteiger partial charge is 0.379 e. The van der Waals surface area contributed by atoms with E-state index in [2.05, 4.69) is 15.6 Å². The zero-order chi connectivity index (χ0) is 17.4. The summed E-state index contributed by atoms with van der Waals surface area (Å²) in [7, 11) is 1.74. The summed E-state index contributed by atoms with van der Waals surface area (Å²) < 4.78 is 5.52. The van der Waals surface area contributed by atoms with E-state index in [1.807, 2.05) is 49.1 Å². The van der Waals surface area contributed by atoms with Crippen LogP contribution in [0.15, 0.2) is 35.3 Å². The number of hydrogen-bond acceptors (Lipinski definition) is 3. The smallest absolute Gasteiger partial charge is 0.229 e. The van der Waals surface area contributed by atoms with Gasteiger partial charge in [-0.2, -0.15) is 0 Å². The van der Waals surface area contributed by atoms with Crippen molar-refractivity contribution in [2.75, 3.05) is 31.6 Å². The summed E-state index contributed by atoms with van der Waals surface area (Å²) in [5, 5.41) is 6.60. The quantitative estimate of drug-likeness (QED) is 0.454. The maximum atomic E-state index is 12.2. The number of ether oxygens (including phenoxy) is 1. The number of hydrogen-bond donors (Lipinski definition) is 2. The Balaban J connectivity index is 1.77. The Bertz CT molecular complexity index is 545. The summed E-state index contributed by atoms with van der Waals surface area (Å²) >= 11 is 0. The minimum atomic E-state index is 0.0656. The predicted molar refractivity (Wildman–Crippen MR) is 97.4 cm³/mol. The van der Waals surface area contributed by atoms with E-state index < -0.39 is 0 Å². The van der Waals surface area contributed by atoms with E-state index in [4.69, 9.17) is 4.74 Å². The molecule has 0 saturated carbocycles. The van der Waals surface area contributed by atoms with Gasteiger partial charge in [0, 0.05) is 38.9 Å². The maximum Gasteiger partial charge on any atom is 0.229 e. The second-order valence-corrected chi connectivity index (χ2v) is 6.16. The highest BCUT2D eigenvalue weighted by Crippen LogP contribution is 2.20. The molecule has 6 heteroatoms. The number of rotatable bonds is 7. The number of carbonyl (C=O) groups is 1. The normalized spacial score (nSPS) is 18.3. The average molecular weight is 332 g/mol. The Morgan fingerprint density at radius 1 is 1.38 bits per heavy atom. The van der Waals surface area contributed by atoms with Crippen LogP contribution < -0.4 is 15.5 Å². The molecule has 1 fully saturated rings. The Labute approximate surface area is 144 Å². The zero-order valence-corrected chi connectivity index (χ0v) is 14.8. The van der Waals surface area contributed by atoms with Crippen LogP contribution in [0, 0.1) is 0 Å². The third-order valence-electron chi connectivity index (χ3n) is 3.82. The summed E-state index contributed by atoms with van der Waals surface area (Å²) in [6.07, 6.45) is 1.65. The van der Waals surface area contributed by atoms with Crippen LogP contribution in [0.1, 0.15) is 26.7 Å². The number of anilines is 1. The van der Waals surface area contributed by atoms with E-state index in [1.54, 1.807) is 7.05 Å². The number of amides is 1. The molecule has 1 aromatic carbocycles. The van der Waals surface area contributed by atoms with Gasteiger partial charge in [0.05, 0.1) is 12.1 Å². The molecule has 1 aromatic rings. The standard InChI is InChI=1S/C18H28N4O2/c1-14(2)24-11-7-10-20-18(19-3)21-15-12-17(23)22(13-15)16-8-5-4-6-9-16/h4-6,8-9,14-15H,7,10-13H2,1-3H3,(H2,19,20,21). The molecule has 132 valence electrons. The van der Waals surface area contributed by atoms with Gasteiger partial charge in [-0.25, -0.2) is 0 Å². The van der Waals surface area contributed by atoms with Gasteiger partial charge in [0.1, 0.15) is 0 Å². The molecule has 1 aliphatic rings. The molecule has 0 radical (unpaired) electrons. The second kappa shape index (κ2) is 9.27. The van der Waals surface area contributed by atoms with Gasteiger partial charge in [-0.05, 0) is 32.4 Å². The summed E-state index contributed by atoms with van der Waals surface area (Å²) in [5.74, 6) is 0.867. The van der Waals surface area contributed by atoms with Gasteiger partial charge in [-0.15, -0.1) is 0 Å². The van der Waals surface area contributed by atoms with E-state index in [0.717, 1.165) is 31.2 Å². The first-order valence-corrected chi connectivity index (χ1v) is 8.54. The summed E-state index contributed by atoms with van der Waals surface area (Å²) in [6, 6.07) is 9.83. The van der Waals surface area contributed by atoms with Gasteiger partial charge in [-0.1, -0.05) is 18.2 Å². The lowest BCUT2D eigenvalue weighted by atomic mass is 10.2. The van der Waals surface area contributed by atoms with Crippen LogP contribution in [0.2, 0.25) is 0 Å². The van der Waals surface area contributed by atoms with Crippen LogP contribution in [0.3, 0.4) is 0 Å². The molecule has 0 bridgehead atoms. The first kappa shape index (κ1) is 18.3. The third-order valence-corrected chi connectivity index (χ3v) is 3.82. The lowest BCUT2D eigenvalue weighted by Gasteiger charge is -2.19. The van der Waals surface area contributed by atoms with Crippen LogP contribution in [-0.4, -0.2) is 50.8 Å². The molecule has 2 rings (SSSR count). The fraction of sp³-hybridized carbons (Fsp3) is 0.556. The molecule has 6 nitrogen and oxygen atoms in total. The van der Waals surface area contributed by atoms with Crippen molar-refractivity contribution in [2.45, 2.75) is 38.8 Å². The van der Waals surface area contributed by atoms with Crippen molar-refractivity contribution in [1.82, 2.24) is 10.6 Å². The topological polar surface area (TPSA) is 66.0 Å². The fourth-order valence-electron chi connectivity index (χ4n) is 2.65. The Morgan fingerprint density at radius 2 is 2.12 bits per heavy atom. The van der Waals surface area contributed by atoms with Crippen molar-refractivity contribution in [2.24, 2.45) is 4.99 Å². The highest BCUT2D eigenvalue weighted by atomic mass is 16.5. The highest BCUT2D eigenvalue weighted by Gasteiger charge is 2.30. The molecular formula is C18H28N4O2. The second-order valence-electron chi connectivity index (χ2n) is 6.16. The van der Waals surface area contributed by atoms with Gasteiger partial charge in [-0.3, -0.25) is 9.79 Å². The lowest BCUT2D eigenvalue weighted by Crippen LogP contribution is -2.45. The Hall–Kier alpha value is -2.08. The number of benzene rings is 1. The van der Waals surface area contributed by atoms with E-state index in [1.165, 1.54) is 0 Å². The molecule has 0 spiro atoms. The first-order valence-electron chi connectivity index (χ1n) is 8.54. The van der Waals surface area contributed by atoms with Crippen molar-refractivity contribution in [1.29, 1.82) is 0 Å². The SMILES string of the molecule is CN=C(NCCCOC(C)C)NC1CC(=O)N(c2ccccc2)C1. The van der Waals surface area contributed by atoms with Crippen LogP contribution in [0.25, 0.3) is 0 Å². The third kappa shape index (κ3) is 5.53. The molecular weight excluding hydrogens is 304 g/mol. The van der Waals surface area contributed by atoms with Crippen molar-refractivity contribution in [3.63, 3.8) is 0 Å². The monoisotopic (exact) mass is 332 g/mol. The highest BCUT2D eigenvalue weighted by molar-refractivity contribution is 5.97. The molecule has 2 N–H and O–H groups in total. The minimum absolute atomic E-state index is 0.0656. The van der Waals surface area contributed by atoms with E-state index in [0.29, 0.717) is 13.0 Å². The van der Waals surface area contributed by atoms with Gasteiger partial charge in [0.2, 0.25) is 5.91 Å². The molecule has 24 heavy (non-hydrogen) atoms. The van der Waals surface area contributed by atoms with Crippen LogP contribution in [-0.2, 0) is 9.53 Å². The van der Waals surface area contributed by atoms with Crippen LogP contribution >= 0.6 is 0 Å². The predicted octanol–water partition coefficient (Wildman–Crippen LogP) is 1.77. The van der Waals surface area contributed by atoms with Crippen molar-refractivity contribution < 1.29 is 9.53 Å². The Morgan fingerprint density at radius 3 is 2.79 bits per heavy atom. The van der Waals surface area contributed by atoms with Gasteiger partial charge < -0.3 is 20.3 Å². The molecule has 1 aliphatic heterocycles. The van der Waals surface area contributed by atoms with Gasteiger partial charge in [0.25, 0.3) is 0 Å². The molecule has 0 aliphatic carbocycles. The first-order chi connectivity index (χ1) is 11.6. The molecule has 1 unspecified atom stereocenters. The number of aliphatic imine (C=N–C) groups is 1. The number of carbonyl (C=O) groups excluding carboxylic acids is 1. The molecule has 0 aromatic heterocycles.